The molecule has 0 aromatic carbocycles. The minimum atomic E-state index is -0.333. The monoisotopic (exact) mass is 204 g/mol. The fraction of sp³-hybridized carbons (Fsp3) is 0.778. The Morgan fingerprint density at radius 2 is 1.85 bits per heavy atom. The van der Waals surface area contributed by atoms with E-state index in [1.165, 1.54) is 18.9 Å². The Labute approximate surface area is 83.2 Å². The molecule has 0 spiro atoms. The summed E-state index contributed by atoms with van der Waals surface area (Å²) in [5.74, 6) is 0.234. The van der Waals surface area contributed by atoms with E-state index in [2.05, 4.69) is 4.74 Å². The molecular weight excluding hydrogens is 188 g/mol. The van der Waals surface area contributed by atoms with Crippen LogP contribution in [0, 0.1) is 5.41 Å². The molecule has 76 valence electrons. The number of carbonyl (C=O) groups is 2. The van der Waals surface area contributed by atoms with E-state index in [1.807, 2.05) is 20.8 Å². The third kappa shape index (κ3) is 5.69. The van der Waals surface area contributed by atoms with Crippen LogP contribution in [0.1, 0.15) is 27.2 Å². The van der Waals surface area contributed by atoms with E-state index < -0.39 is 0 Å². The molecule has 0 bridgehead atoms. The van der Waals surface area contributed by atoms with Gasteiger partial charge in [0.05, 0.1) is 13.5 Å². The van der Waals surface area contributed by atoms with E-state index in [9.17, 15) is 9.59 Å². The van der Waals surface area contributed by atoms with Crippen LogP contribution in [-0.2, 0) is 14.3 Å². The molecule has 0 aliphatic heterocycles. The van der Waals surface area contributed by atoms with Gasteiger partial charge < -0.3 is 4.74 Å². The lowest BCUT2D eigenvalue weighted by molar-refractivity contribution is -0.140. The molecule has 4 heteroatoms. The van der Waals surface area contributed by atoms with Gasteiger partial charge in [0.2, 0.25) is 0 Å². The molecule has 0 rings (SSSR count). The molecule has 3 nitrogen and oxygen atoms in total. The van der Waals surface area contributed by atoms with Crippen LogP contribution in [0.4, 0.5) is 0 Å². The molecule has 0 unspecified atom stereocenters. The van der Waals surface area contributed by atoms with Gasteiger partial charge in [-0.15, -0.1) is 0 Å². The van der Waals surface area contributed by atoms with Gasteiger partial charge in [-0.1, -0.05) is 32.5 Å². The Morgan fingerprint density at radius 3 is 2.23 bits per heavy atom. The van der Waals surface area contributed by atoms with Gasteiger partial charge in [0, 0.05) is 11.2 Å². The van der Waals surface area contributed by atoms with Crippen molar-refractivity contribution in [3.63, 3.8) is 0 Å². The highest BCUT2D eigenvalue weighted by molar-refractivity contribution is 8.13. The van der Waals surface area contributed by atoms with Gasteiger partial charge in [-0.3, -0.25) is 9.59 Å². The number of hydrogen-bond donors (Lipinski definition) is 0. The van der Waals surface area contributed by atoms with Gasteiger partial charge in [0.25, 0.3) is 0 Å². The molecule has 0 saturated heterocycles. The van der Waals surface area contributed by atoms with E-state index in [-0.39, 0.29) is 16.5 Å². The summed E-state index contributed by atoms with van der Waals surface area (Å²) in [5, 5.41) is 0.108. The lowest BCUT2D eigenvalue weighted by atomic mass is 10.00. The number of carbonyl (C=O) groups excluding carboxylic acids is 2. The Kier molecular flexibility index (Phi) is 5.06. The Hall–Kier alpha value is -0.510. The zero-order chi connectivity index (χ0) is 10.5. The van der Waals surface area contributed by atoms with E-state index in [0.29, 0.717) is 12.2 Å². The maximum absolute atomic E-state index is 11.3. The fourth-order valence-electron chi connectivity index (χ4n) is 0.546. The standard InChI is InChI=1S/C9H16O3S/c1-9(2,3)8(11)13-6-5-7(10)12-4/h5-6H2,1-4H3. The van der Waals surface area contributed by atoms with Crippen LogP contribution < -0.4 is 0 Å². The van der Waals surface area contributed by atoms with Crippen LogP contribution in [0.5, 0.6) is 0 Å². The third-order valence-corrected chi connectivity index (χ3v) is 2.66. The second kappa shape index (κ2) is 5.27. The zero-order valence-corrected chi connectivity index (χ0v) is 9.36. The van der Waals surface area contributed by atoms with E-state index >= 15 is 0 Å². The maximum atomic E-state index is 11.3. The average Bonchev–Trinajstić information content (AvgIpc) is 2.02. The van der Waals surface area contributed by atoms with E-state index in [1.54, 1.807) is 0 Å². The van der Waals surface area contributed by atoms with Crippen LogP contribution in [0.3, 0.4) is 0 Å². The Balaban J connectivity index is 3.67. The molecule has 0 saturated carbocycles. The molecule has 0 heterocycles. The van der Waals surface area contributed by atoms with Gasteiger partial charge in [0.1, 0.15) is 0 Å². The highest BCUT2D eigenvalue weighted by Gasteiger charge is 2.21. The first-order chi connectivity index (χ1) is 5.88. The fourth-order valence-corrected chi connectivity index (χ4v) is 1.43. The second-order valence-electron chi connectivity index (χ2n) is 3.71. The van der Waals surface area contributed by atoms with Crippen molar-refractivity contribution in [2.24, 2.45) is 5.41 Å². The molecule has 0 aliphatic rings. The first-order valence-electron chi connectivity index (χ1n) is 4.12. The normalized spacial score (nSPS) is 11.1. The summed E-state index contributed by atoms with van der Waals surface area (Å²) in [4.78, 5) is 22.0. The van der Waals surface area contributed by atoms with Gasteiger partial charge in [-0.25, -0.2) is 0 Å². The van der Waals surface area contributed by atoms with Crippen molar-refractivity contribution >= 4 is 22.8 Å². The summed E-state index contributed by atoms with van der Waals surface area (Å²) in [6.07, 6.45) is 0.295. The first kappa shape index (κ1) is 12.5. The molecule has 0 atom stereocenters. The smallest absolute Gasteiger partial charge is 0.306 e. The molecule has 0 radical (unpaired) electrons. The van der Waals surface area contributed by atoms with Crippen molar-refractivity contribution in [2.45, 2.75) is 27.2 Å². The topological polar surface area (TPSA) is 43.4 Å². The van der Waals surface area contributed by atoms with Crippen LogP contribution in [0.25, 0.3) is 0 Å². The zero-order valence-electron chi connectivity index (χ0n) is 8.55. The molecular formula is C9H16O3S. The van der Waals surface area contributed by atoms with Gasteiger partial charge >= 0.3 is 5.97 Å². The van der Waals surface area contributed by atoms with Crippen molar-refractivity contribution in [1.29, 1.82) is 0 Å². The Morgan fingerprint density at radius 1 is 1.31 bits per heavy atom. The van der Waals surface area contributed by atoms with Crippen LogP contribution >= 0.6 is 11.8 Å². The van der Waals surface area contributed by atoms with E-state index in [0.717, 1.165) is 0 Å². The van der Waals surface area contributed by atoms with Gasteiger partial charge in [-0.2, -0.15) is 0 Å². The number of ether oxygens (including phenoxy) is 1. The van der Waals surface area contributed by atoms with Crippen LogP contribution in [0.2, 0.25) is 0 Å². The number of esters is 1. The van der Waals surface area contributed by atoms with E-state index in [4.69, 9.17) is 0 Å². The molecule has 0 amide bonds. The molecule has 0 fully saturated rings. The SMILES string of the molecule is COC(=O)CCSC(=O)C(C)(C)C. The maximum Gasteiger partial charge on any atom is 0.306 e. The minimum Gasteiger partial charge on any atom is -0.469 e. The highest BCUT2D eigenvalue weighted by atomic mass is 32.2. The summed E-state index contributed by atoms with van der Waals surface area (Å²) >= 11 is 1.19. The van der Waals surface area contributed by atoms with Crippen molar-refractivity contribution in [3.8, 4) is 0 Å². The molecule has 0 aromatic heterocycles. The molecule has 0 N–H and O–H groups in total. The predicted octanol–water partition coefficient (Wildman–Crippen LogP) is 1.86. The second-order valence-corrected chi connectivity index (χ2v) is 4.78. The summed E-state index contributed by atoms with van der Waals surface area (Å²) in [7, 11) is 1.35. The summed E-state index contributed by atoms with van der Waals surface area (Å²) in [6, 6.07) is 0. The summed E-state index contributed by atoms with van der Waals surface area (Å²) < 4.78 is 4.45. The first-order valence-corrected chi connectivity index (χ1v) is 5.10. The lowest BCUT2D eigenvalue weighted by Crippen LogP contribution is -2.17. The Bertz CT molecular complexity index is 194. The number of hydrogen-bond acceptors (Lipinski definition) is 4. The van der Waals surface area contributed by atoms with Crippen molar-refractivity contribution in [3.05, 3.63) is 0 Å². The number of rotatable bonds is 3. The largest absolute Gasteiger partial charge is 0.469 e. The minimum absolute atomic E-state index is 0.108. The quantitative estimate of drug-likeness (QED) is 0.658. The molecule has 0 aromatic rings. The molecule has 13 heavy (non-hydrogen) atoms. The summed E-state index contributed by atoms with van der Waals surface area (Å²) in [5.41, 5.74) is -0.333. The van der Waals surface area contributed by atoms with Crippen molar-refractivity contribution < 1.29 is 14.3 Å². The lowest BCUT2D eigenvalue weighted by Gasteiger charge is -2.14. The molecule has 0 aliphatic carbocycles. The van der Waals surface area contributed by atoms with Gasteiger partial charge in [-0.05, 0) is 0 Å². The third-order valence-electron chi connectivity index (χ3n) is 1.38. The van der Waals surface area contributed by atoms with Crippen LogP contribution in [0.15, 0.2) is 0 Å². The van der Waals surface area contributed by atoms with Crippen molar-refractivity contribution in [1.82, 2.24) is 0 Å². The van der Waals surface area contributed by atoms with Crippen molar-refractivity contribution in [2.75, 3.05) is 12.9 Å². The van der Waals surface area contributed by atoms with Crippen LogP contribution in [-0.4, -0.2) is 23.9 Å². The summed E-state index contributed by atoms with van der Waals surface area (Å²) in [6.45, 7) is 5.58. The highest BCUT2D eigenvalue weighted by Crippen LogP contribution is 2.23. The predicted molar refractivity (Wildman–Crippen MR) is 53.6 cm³/mol. The van der Waals surface area contributed by atoms with Gasteiger partial charge in [0.15, 0.2) is 5.12 Å². The average molecular weight is 204 g/mol. The number of thioether (sulfide) groups is 1. The number of methoxy groups -OCH3 is 1.